The van der Waals surface area contributed by atoms with Crippen LogP contribution in [0.4, 0.5) is 0 Å². The van der Waals surface area contributed by atoms with Gasteiger partial charge >= 0.3 is 0 Å². The molecule has 1 fully saturated rings. The van der Waals surface area contributed by atoms with Crippen molar-refractivity contribution in [2.75, 3.05) is 6.54 Å². The Balaban J connectivity index is 2.12. The van der Waals surface area contributed by atoms with E-state index < -0.39 is 10.0 Å². The molecule has 0 saturated heterocycles. The molecule has 1 aromatic rings. The van der Waals surface area contributed by atoms with Gasteiger partial charge in [-0.25, -0.2) is 13.1 Å². The van der Waals surface area contributed by atoms with E-state index in [1.54, 1.807) is 12.3 Å². The lowest BCUT2D eigenvalue weighted by atomic mass is 10.3. The predicted molar refractivity (Wildman–Crippen MR) is 84.6 cm³/mol. The molecule has 1 saturated carbocycles. The highest BCUT2D eigenvalue weighted by molar-refractivity contribution is 7.89. The van der Waals surface area contributed by atoms with Crippen molar-refractivity contribution >= 4 is 10.0 Å². The van der Waals surface area contributed by atoms with Gasteiger partial charge in [0.15, 0.2) is 0 Å². The maximum atomic E-state index is 12.3. The average molecular weight is 313 g/mol. The summed E-state index contributed by atoms with van der Waals surface area (Å²) in [5.41, 5.74) is 1.03. The second kappa shape index (κ2) is 6.94. The van der Waals surface area contributed by atoms with Crippen LogP contribution >= 0.6 is 0 Å². The average Bonchev–Trinajstić information content (AvgIpc) is 3.15. The molecule has 0 aliphatic heterocycles. The maximum Gasteiger partial charge on any atom is 0.242 e. The van der Waals surface area contributed by atoms with Crippen LogP contribution in [0.2, 0.25) is 0 Å². The summed E-state index contributed by atoms with van der Waals surface area (Å²) >= 11 is 0. The molecule has 1 aliphatic rings. The van der Waals surface area contributed by atoms with Crippen molar-refractivity contribution in [3.05, 3.63) is 18.0 Å². The van der Waals surface area contributed by atoms with E-state index in [0.29, 0.717) is 29.9 Å². The van der Waals surface area contributed by atoms with Gasteiger partial charge in [0, 0.05) is 37.6 Å². The summed E-state index contributed by atoms with van der Waals surface area (Å²) in [6.07, 6.45) is 5.03. The van der Waals surface area contributed by atoms with E-state index in [1.807, 2.05) is 4.57 Å². The highest BCUT2D eigenvalue weighted by Gasteiger charge is 2.25. The van der Waals surface area contributed by atoms with Crippen LogP contribution in [0.1, 0.15) is 45.7 Å². The molecule has 0 spiro atoms. The molecule has 2 rings (SSSR count). The minimum atomic E-state index is -3.37. The van der Waals surface area contributed by atoms with Crippen LogP contribution in [0, 0.1) is 5.92 Å². The topological polar surface area (TPSA) is 63.1 Å². The first kappa shape index (κ1) is 16.5. The fourth-order valence-electron chi connectivity index (χ4n) is 2.21. The van der Waals surface area contributed by atoms with Gasteiger partial charge in [-0.2, -0.15) is 0 Å². The van der Waals surface area contributed by atoms with Gasteiger partial charge in [-0.1, -0.05) is 20.8 Å². The van der Waals surface area contributed by atoms with E-state index in [0.717, 1.165) is 31.5 Å². The molecule has 1 aliphatic carbocycles. The zero-order chi connectivity index (χ0) is 15.5. The van der Waals surface area contributed by atoms with Gasteiger partial charge in [0.25, 0.3) is 0 Å². The molecule has 0 bridgehead atoms. The van der Waals surface area contributed by atoms with Crippen molar-refractivity contribution < 1.29 is 8.42 Å². The van der Waals surface area contributed by atoms with Crippen LogP contribution in [0.15, 0.2) is 17.2 Å². The van der Waals surface area contributed by atoms with Crippen molar-refractivity contribution in [3.63, 3.8) is 0 Å². The lowest BCUT2D eigenvalue weighted by molar-refractivity contribution is 0.551. The predicted octanol–water partition coefficient (Wildman–Crippen LogP) is 2.08. The standard InChI is InChI=1S/C15H27N3O2S/c1-4-7-18-11-15(8-14(18)10-16-12(2)3)21(19,20)17-9-13-5-6-13/h8,11-13,16-17H,4-7,9-10H2,1-3H3. The third-order valence-corrected chi connectivity index (χ3v) is 5.08. The maximum absolute atomic E-state index is 12.3. The minimum Gasteiger partial charge on any atom is -0.349 e. The lowest BCUT2D eigenvalue weighted by Crippen LogP contribution is -2.25. The zero-order valence-electron chi connectivity index (χ0n) is 13.2. The molecule has 2 N–H and O–H groups in total. The Morgan fingerprint density at radius 2 is 2.10 bits per heavy atom. The molecule has 0 aromatic carbocycles. The number of hydrogen-bond donors (Lipinski definition) is 2. The molecule has 0 unspecified atom stereocenters. The van der Waals surface area contributed by atoms with Crippen LogP contribution < -0.4 is 10.0 Å². The largest absolute Gasteiger partial charge is 0.349 e. The first-order chi connectivity index (χ1) is 9.92. The summed E-state index contributed by atoms with van der Waals surface area (Å²) in [7, 11) is -3.37. The van der Waals surface area contributed by atoms with Gasteiger partial charge in [-0.05, 0) is 31.2 Å². The van der Waals surface area contributed by atoms with Crippen LogP contribution in [-0.2, 0) is 23.1 Å². The van der Waals surface area contributed by atoms with Crippen molar-refractivity contribution in [2.24, 2.45) is 5.92 Å². The monoisotopic (exact) mass is 313 g/mol. The van der Waals surface area contributed by atoms with Crippen molar-refractivity contribution in [2.45, 2.75) is 64.1 Å². The molecule has 0 amide bonds. The van der Waals surface area contributed by atoms with Crippen molar-refractivity contribution in [1.29, 1.82) is 0 Å². The number of rotatable bonds is 9. The molecule has 1 heterocycles. The van der Waals surface area contributed by atoms with Crippen LogP contribution in [-0.4, -0.2) is 25.6 Å². The number of sulfonamides is 1. The molecular formula is C15H27N3O2S. The highest BCUT2D eigenvalue weighted by atomic mass is 32.2. The normalized spacial score (nSPS) is 15.8. The van der Waals surface area contributed by atoms with Crippen LogP contribution in [0.25, 0.3) is 0 Å². The Kier molecular flexibility index (Phi) is 5.46. The zero-order valence-corrected chi connectivity index (χ0v) is 14.0. The van der Waals surface area contributed by atoms with E-state index >= 15 is 0 Å². The second-order valence-corrected chi connectivity index (χ2v) is 7.96. The van der Waals surface area contributed by atoms with E-state index in [2.05, 4.69) is 30.8 Å². The van der Waals surface area contributed by atoms with E-state index in [-0.39, 0.29) is 0 Å². The summed E-state index contributed by atoms with van der Waals surface area (Å²) in [5, 5.41) is 3.35. The Hall–Kier alpha value is -0.850. The third kappa shape index (κ3) is 4.83. The molecule has 0 radical (unpaired) electrons. The van der Waals surface area contributed by atoms with Crippen LogP contribution in [0.3, 0.4) is 0 Å². The highest BCUT2D eigenvalue weighted by Crippen LogP contribution is 2.28. The number of hydrogen-bond acceptors (Lipinski definition) is 3. The summed E-state index contributed by atoms with van der Waals surface area (Å²) in [6.45, 7) is 8.37. The number of aryl methyl sites for hydroxylation is 1. The summed E-state index contributed by atoms with van der Waals surface area (Å²) in [6, 6.07) is 2.17. The smallest absolute Gasteiger partial charge is 0.242 e. The fraction of sp³-hybridized carbons (Fsp3) is 0.733. The van der Waals surface area contributed by atoms with Gasteiger partial charge in [0.1, 0.15) is 0 Å². The molecule has 6 heteroatoms. The van der Waals surface area contributed by atoms with E-state index in [9.17, 15) is 8.42 Å². The quantitative estimate of drug-likeness (QED) is 0.734. The molecule has 1 aromatic heterocycles. The van der Waals surface area contributed by atoms with Gasteiger partial charge < -0.3 is 9.88 Å². The van der Waals surface area contributed by atoms with Gasteiger partial charge in [-0.15, -0.1) is 0 Å². The molecule has 120 valence electrons. The third-order valence-electron chi connectivity index (χ3n) is 3.69. The van der Waals surface area contributed by atoms with Gasteiger partial charge in [0.05, 0.1) is 4.90 Å². The number of nitrogens with one attached hydrogen (secondary N) is 2. The Labute approximate surface area is 128 Å². The Bertz CT molecular complexity index is 559. The van der Waals surface area contributed by atoms with Crippen LogP contribution in [0.5, 0.6) is 0 Å². The fourth-order valence-corrected chi connectivity index (χ4v) is 3.39. The van der Waals surface area contributed by atoms with Crippen molar-refractivity contribution in [3.8, 4) is 0 Å². The molecule has 21 heavy (non-hydrogen) atoms. The molecule has 0 atom stereocenters. The number of aromatic nitrogens is 1. The Morgan fingerprint density at radius 3 is 2.67 bits per heavy atom. The summed E-state index contributed by atoms with van der Waals surface area (Å²) < 4.78 is 29.4. The SMILES string of the molecule is CCCn1cc(S(=O)(=O)NCC2CC2)cc1CNC(C)C. The summed E-state index contributed by atoms with van der Waals surface area (Å²) in [4.78, 5) is 0.386. The minimum absolute atomic E-state index is 0.378. The van der Waals surface area contributed by atoms with Gasteiger partial charge in [0.2, 0.25) is 10.0 Å². The first-order valence-electron chi connectivity index (χ1n) is 7.84. The second-order valence-electron chi connectivity index (χ2n) is 6.19. The van der Waals surface area contributed by atoms with E-state index in [4.69, 9.17) is 0 Å². The van der Waals surface area contributed by atoms with Crippen molar-refractivity contribution in [1.82, 2.24) is 14.6 Å². The molecular weight excluding hydrogens is 286 g/mol. The number of nitrogens with zero attached hydrogens (tertiary/aromatic N) is 1. The summed E-state index contributed by atoms with van der Waals surface area (Å²) in [5.74, 6) is 0.541. The lowest BCUT2D eigenvalue weighted by Gasteiger charge is -2.10. The van der Waals surface area contributed by atoms with E-state index in [1.165, 1.54) is 0 Å². The Morgan fingerprint density at radius 1 is 1.38 bits per heavy atom. The molecule has 5 nitrogen and oxygen atoms in total. The first-order valence-corrected chi connectivity index (χ1v) is 9.32. The van der Waals surface area contributed by atoms with Gasteiger partial charge in [-0.3, -0.25) is 0 Å².